The van der Waals surface area contributed by atoms with E-state index in [9.17, 15) is 5.11 Å². The fourth-order valence-electron chi connectivity index (χ4n) is 2.50. The van der Waals surface area contributed by atoms with E-state index in [4.69, 9.17) is 0 Å². The van der Waals surface area contributed by atoms with Gasteiger partial charge in [0.1, 0.15) is 6.23 Å². The highest BCUT2D eigenvalue weighted by Gasteiger charge is 2.23. The number of hydrogen-bond donors (Lipinski definition) is 2. The number of nitrogens with one attached hydrogen (secondary N) is 1. The van der Waals surface area contributed by atoms with E-state index in [0.717, 1.165) is 25.8 Å². The van der Waals surface area contributed by atoms with Crippen LogP contribution in [0.3, 0.4) is 0 Å². The third-order valence-corrected chi connectivity index (χ3v) is 3.63. The van der Waals surface area contributed by atoms with E-state index >= 15 is 0 Å². The van der Waals surface area contributed by atoms with Crippen molar-refractivity contribution in [3.63, 3.8) is 0 Å². The molecule has 18 heavy (non-hydrogen) atoms. The Hall–Kier alpha value is -0.860. The third-order valence-electron chi connectivity index (χ3n) is 3.63. The molecule has 1 heterocycles. The molecule has 0 aromatic heterocycles. The molecule has 2 N–H and O–H groups in total. The van der Waals surface area contributed by atoms with Crippen molar-refractivity contribution in [2.75, 3.05) is 6.54 Å². The van der Waals surface area contributed by atoms with Crippen LogP contribution >= 0.6 is 0 Å². The third kappa shape index (κ3) is 4.79. The molecule has 102 valence electrons. The molecule has 0 radical (unpaired) electrons. The smallest absolute Gasteiger partial charge is 0.104 e. The van der Waals surface area contributed by atoms with Crippen LogP contribution in [0.4, 0.5) is 0 Å². The van der Waals surface area contributed by atoms with Crippen LogP contribution in [0.1, 0.15) is 39.2 Å². The summed E-state index contributed by atoms with van der Waals surface area (Å²) in [6, 6.07) is 10.7. The summed E-state index contributed by atoms with van der Waals surface area (Å²) in [6.45, 7) is 7.27. The number of hydrogen-bond acceptors (Lipinski definition) is 2. The Kier molecular flexibility index (Phi) is 6.99. The lowest BCUT2D eigenvalue weighted by Crippen LogP contribution is -2.41. The zero-order chi connectivity index (χ0) is 13.4. The fraction of sp³-hybridized carbons (Fsp3) is 0.625. The Bertz CT molecular complexity index is 304. The van der Waals surface area contributed by atoms with E-state index in [0.29, 0.717) is 11.8 Å². The summed E-state index contributed by atoms with van der Waals surface area (Å²) in [7, 11) is 0. The molecular weight excluding hydrogens is 222 g/mol. The average Bonchev–Trinajstić information content (AvgIpc) is 2.43. The molecule has 0 aliphatic carbocycles. The molecular formula is C16H27NO. The second-order valence-electron chi connectivity index (χ2n) is 4.93. The number of aliphatic hydroxyl groups is 1. The van der Waals surface area contributed by atoms with Crippen molar-refractivity contribution >= 4 is 0 Å². The minimum atomic E-state index is -0.278. The molecule has 3 unspecified atom stereocenters. The van der Waals surface area contributed by atoms with Crippen molar-refractivity contribution in [3.8, 4) is 0 Å². The summed E-state index contributed by atoms with van der Waals surface area (Å²) in [5.74, 6) is 1.38. The van der Waals surface area contributed by atoms with Gasteiger partial charge in [-0.1, -0.05) is 51.1 Å². The SMILES string of the molecule is CC.CC(Cc1ccccc1)C1CCC(O)NC1. The largest absolute Gasteiger partial charge is 0.379 e. The van der Waals surface area contributed by atoms with Crippen molar-refractivity contribution in [2.24, 2.45) is 11.8 Å². The molecule has 2 nitrogen and oxygen atoms in total. The van der Waals surface area contributed by atoms with Gasteiger partial charge >= 0.3 is 0 Å². The minimum Gasteiger partial charge on any atom is -0.379 e. The molecule has 0 amide bonds. The maximum Gasteiger partial charge on any atom is 0.104 e. The maximum absolute atomic E-state index is 9.39. The maximum atomic E-state index is 9.39. The Labute approximate surface area is 111 Å². The molecule has 3 atom stereocenters. The molecule has 0 spiro atoms. The van der Waals surface area contributed by atoms with Gasteiger partial charge in [-0.2, -0.15) is 0 Å². The van der Waals surface area contributed by atoms with Gasteiger partial charge < -0.3 is 5.11 Å². The first-order valence-electron chi connectivity index (χ1n) is 7.21. The van der Waals surface area contributed by atoms with Crippen molar-refractivity contribution in [2.45, 2.75) is 46.3 Å². The number of piperidine rings is 1. The monoisotopic (exact) mass is 249 g/mol. The van der Waals surface area contributed by atoms with E-state index < -0.39 is 0 Å². The normalized spacial score (nSPS) is 24.9. The van der Waals surface area contributed by atoms with Crippen LogP contribution in [-0.4, -0.2) is 17.9 Å². The molecule has 1 aromatic rings. The Morgan fingerprint density at radius 1 is 1.22 bits per heavy atom. The summed E-state index contributed by atoms with van der Waals surface area (Å²) in [5.41, 5.74) is 1.42. The van der Waals surface area contributed by atoms with E-state index in [1.54, 1.807) is 0 Å². The Balaban J connectivity index is 0.000000771. The minimum absolute atomic E-state index is 0.278. The zero-order valence-electron chi connectivity index (χ0n) is 11.9. The van der Waals surface area contributed by atoms with Crippen LogP contribution in [0, 0.1) is 11.8 Å². The van der Waals surface area contributed by atoms with Crippen LogP contribution < -0.4 is 5.32 Å². The van der Waals surface area contributed by atoms with Crippen molar-refractivity contribution in [1.82, 2.24) is 5.32 Å². The van der Waals surface area contributed by atoms with Gasteiger partial charge in [0.15, 0.2) is 0 Å². The zero-order valence-corrected chi connectivity index (χ0v) is 11.9. The highest BCUT2D eigenvalue weighted by molar-refractivity contribution is 5.15. The lowest BCUT2D eigenvalue weighted by Gasteiger charge is -2.31. The molecule has 1 aliphatic rings. The van der Waals surface area contributed by atoms with Crippen molar-refractivity contribution in [1.29, 1.82) is 0 Å². The highest BCUT2D eigenvalue weighted by atomic mass is 16.3. The summed E-state index contributed by atoms with van der Waals surface area (Å²) in [4.78, 5) is 0. The molecule has 1 aliphatic heterocycles. The molecule has 0 bridgehead atoms. The van der Waals surface area contributed by atoms with Gasteiger partial charge in [0.25, 0.3) is 0 Å². The highest BCUT2D eigenvalue weighted by Crippen LogP contribution is 2.24. The van der Waals surface area contributed by atoms with Gasteiger partial charge in [-0.3, -0.25) is 5.32 Å². The van der Waals surface area contributed by atoms with Crippen LogP contribution in [0.25, 0.3) is 0 Å². The average molecular weight is 249 g/mol. The van der Waals surface area contributed by atoms with Gasteiger partial charge in [0.2, 0.25) is 0 Å². The van der Waals surface area contributed by atoms with E-state index in [2.05, 4.69) is 42.6 Å². The second-order valence-corrected chi connectivity index (χ2v) is 4.93. The van der Waals surface area contributed by atoms with Gasteiger partial charge in [-0.25, -0.2) is 0 Å². The molecule has 1 fully saturated rings. The van der Waals surface area contributed by atoms with Crippen molar-refractivity contribution in [3.05, 3.63) is 35.9 Å². The lowest BCUT2D eigenvalue weighted by atomic mass is 9.83. The topological polar surface area (TPSA) is 32.3 Å². The quantitative estimate of drug-likeness (QED) is 0.862. The number of benzene rings is 1. The number of rotatable bonds is 3. The summed E-state index contributed by atoms with van der Waals surface area (Å²) in [5, 5.41) is 12.5. The first kappa shape index (κ1) is 15.2. The van der Waals surface area contributed by atoms with Crippen molar-refractivity contribution < 1.29 is 5.11 Å². The molecule has 2 heteroatoms. The van der Waals surface area contributed by atoms with Gasteiger partial charge in [0, 0.05) is 6.54 Å². The first-order chi connectivity index (χ1) is 8.75. The standard InChI is InChI=1S/C14H21NO.C2H6/c1-11(9-12-5-3-2-4-6-12)13-7-8-14(16)15-10-13;1-2/h2-6,11,13-16H,7-10H2,1H3;1-2H3. The van der Waals surface area contributed by atoms with Crippen LogP contribution in [0.2, 0.25) is 0 Å². The second kappa shape index (κ2) is 8.28. The summed E-state index contributed by atoms with van der Waals surface area (Å²) in [6.07, 6.45) is 2.90. The number of aliphatic hydroxyl groups excluding tert-OH is 1. The molecule has 0 saturated carbocycles. The summed E-state index contributed by atoms with van der Waals surface area (Å²) < 4.78 is 0. The predicted molar refractivity (Wildman–Crippen MR) is 77.4 cm³/mol. The van der Waals surface area contributed by atoms with Crippen LogP contribution in [-0.2, 0) is 6.42 Å². The molecule has 2 rings (SSSR count). The predicted octanol–water partition coefficient (Wildman–Crippen LogP) is 3.21. The summed E-state index contributed by atoms with van der Waals surface area (Å²) >= 11 is 0. The Morgan fingerprint density at radius 3 is 2.44 bits per heavy atom. The van der Waals surface area contributed by atoms with E-state index in [1.165, 1.54) is 5.56 Å². The van der Waals surface area contributed by atoms with E-state index in [1.807, 2.05) is 13.8 Å². The first-order valence-corrected chi connectivity index (χ1v) is 7.21. The Morgan fingerprint density at radius 2 is 1.89 bits per heavy atom. The van der Waals surface area contributed by atoms with Gasteiger partial charge in [-0.05, 0) is 36.7 Å². The molecule has 1 aromatic carbocycles. The van der Waals surface area contributed by atoms with Crippen LogP contribution in [0.15, 0.2) is 30.3 Å². The fourth-order valence-corrected chi connectivity index (χ4v) is 2.50. The lowest BCUT2D eigenvalue weighted by molar-refractivity contribution is 0.0762. The van der Waals surface area contributed by atoms with Crippen LogP contribution in [0.5, 0.6) is 0 Å². The van der Waals surface area contributed by atoms with Gasteiger partial charge in [-0.15, -0.1) is 0 Å². The van der Waals surface area contributed by atoms with E-state index in [-0.39, 0.29) is 6.23 Å². The molecule has 1 saturated heterocycles. The van der Waals surface area contributed by atoms with Gasteiger partial charge in [0.05, 0.1) is 0 Å².